The normalized spacial score (nSPS) is 10.4. The Morgan fingerprint density at radius 1 is 1.55 bits per heavy atom. The molecule has 0 aliphatic carbocycles. The summed E-state index contributed by atoms with van der Waals surface area (Å²) < 4.78 is 4.76. The smallest absolute Gasteiger partial charge is 0.318 e. The maximum absolute atomic E-state index is 10.3. The van der Waals surface area contributed by atoms with Gasteiger partial charge in [0.2, 0.25) is 0 Å². The number of unbranched alkanes of at least 4 members (excludes halogenated alkanes) is 1. The van der Waals surface area contributed by atoms with Crippen LogP contribution in [0.4, 0.5) is 0 Å². The highest BCUT2D eigenvalue weighted by Crippen LogP contribution is 1.91. The molecule has 3 heteroatoms. The molecule has 0 aromatic carbocycles. The first-order valence-corrected chi connectivity index (χ1v) is 4.94. The van der Waals surface area contributed by atoms with Crippen LogP contribution in [-0.4, -0.2) is 15.7 Å². The van der Waals surface area contributed by atoms with E-state index in [0.29, 0.717) is 0 Å². The fourth-order valence-electron chi connectivity index (χ4n) is 0.559. The summed E-state index contributed by atoms with van der Waals surface area (Å²) in [5, 5.41) is 0. The molecule has 0 bridgehead atoms. The van der Waals surface area contributed by atoms with Crippen LogP contribution in [-0.2, 0) is 9.22 Å². The van der Waals surface area contributed by atoms with E-state index in [4.69, 9.17) is 4.43 Å². The minimum atomic E-state index is -0.188. The molecule has 0 aromatic heterocycles. The van der Waals surface area contributed by atoms with Crippen LogP contribution in [0.25, 0.3) is 0 Å². The van der Waals surface area contributed by atoms with Crippen LogP contribution < -0.4 is 0 Å². The molecule has 0 N–H and O–H groups in total. The number of carbonyl (C=O) groups is 1. The van der Waals surface area contributed by atoms with Crippen LogP contribution in [0.3, 0.4) is 0 Å². The van der Waals surface area contributed by atoms with E-state index >= 15 is 0 Å². The van der Waals surface area contributed by atoms with Gasteiger partial charge in [-0.25, -0.2) is 0 Å². The van der Waals surface area contributed by atoms with Crippen LogP contribution in [0.1, 0.15) is 26.7 Å². The van der Waals surface area contributed by atoms with Gasteiger partial charge in [0, 0.05) is 6.92 Å². The van der Waals surface area contributed by atoms with Crippen molar-refractivity contribution in [3.8, 4) is 0 Å². The third kappa shape index (κ3) is 9.43. The second kappa shape index (κ2) is 7.53. The Kier molecular flexibility index (Phi) is 7.14. The van der Waals surface area contributed by atoms with E-state index in [0.717, 1.165) is 12.5 Å². The summed E-state index contributed by atoms with van der Waals surface area (Å²) in [6, 6.07) is 0.861. The van der Waals surface area contributed by atoms with Crippen molar-refractivity contribution in [1.29, 1.82) is 0 Å². The van der Waals surface area contributed by atoms with Crippen LogP contribution in [0.15, 0.2) is 12.2 Å². The van der Waals surface area contributed by atoms with E-state index in [2.05, 4.69) is 19.1 Å². The van der Waals surface area contributed by atoms with Gasteiger partial charge in [-0.1, -0.05) is 25.5 Å². The van der Waals surface area contributed by atoms with Crippen molar-refractivity contribution in [2.75, 3.05) is 0 Å². The summed E-state index contributed by atoms with van der Waals surface area (Å²) >= 11 is 0. The zero-order chi connectivity index (χ0) is 8.53. The summed E-state index contributed by atoms with van der Waals surface area (Å²) in [5.41, 5.74) is 0. The third-order valence-corrected chi connectivity index (χ3v) is 1.87. The van der Waals surface area contributed by atoms with Gasteiger partial charge >= 0.3 is 9.76 Å². The third-order valence-electron chi connectivity index (χ3n) is 1.04. The van der Waals surface area contributed by atoms with E-state index in [-0.39, 0.29) is 15.7 Å². The fraction of sp³-hybridized carbons (Fsp3) is 0.625. The Morgan fingerprint density at radius 3 is 2.82 bits per heavy atom. The molecule has 0 fully saturated rings. The van der Waals surface area contributed by atoms with Gasteiger partial charge < -0.3 is 4.43 Å². The first kappa shape index (κ1) is 10.4. The fourth-order valence-corrected chi connectivity index (χ4v) is 1.11. The maximum Gasteiger partial charge on any atom is 0.318 e. The van der Waals surface area contributed by atoms with Crippen molar-refractivity contribution in [3.05, 3.63) is 12.2 Å². The van der Waals surface area contributed by atoms with Crippen molar-refractivity contribution in [2.24, 2.45) is 0 Å². The minimum Gasteiger partial charge on any atom is -0.516 e. The highest BCUT2D eigenvalue weighted by molar-refractivity contribution is 6.31. The van der Waals surface area contributed by atoms with Gasteiger partial charge in [0.1, 0.15) is 0 Å². The van der Waals surface area contributed by atoms with Crippen molar-refractivity contribution in [2.45, 2.75) is 32.7 Å². The number of carbonyl (C=O) groups excluding carboxylic acids is 1. The zero-order valence-electron chi connectivity index (χ0n) is 7.09. The first-order chi connectivity index (χ1) is 5.27. The second-order valence-electron chi connectivity index (χ2n) is 2.20. The standard InChI is InChI=1S/C8H14O2Si/c1-3-4-5-6-7-11-10-8(2)9/h5-6H,3-4,7H2,1-2H3/b6-5+. The molecule has 11 heavy (non-hydrogen) atoms. The Bertz CT molecular complexity index is 132. The van der Waals surface area contributed by atoms with Crippen molar-refractivity contribution >= 4 is 15.7 Å². The predicted octanol–water partition coefficient (Wildman–Crippen LogP) is 1.94. The SMILES string of the molecule is CCC/C=C/C[Si]OC(C)=O. The lowest BCUT2D eigenvalue weighted by atomic mass is 10.3. The Balaban J connectivity index is 3.07. The maximum atomic E-state index is 10.3. The molecular formula is C8H14O2Si. The van der Waals surface area contributed by atoms with E-state index < -0.39 is 0 Å². The summed E-state index contributed by atoms with van der Waals surface area (Å²) in [6.07, 6.45) is 6.47. The summed E-state index contributed by atoms with van der Waals surface area (Å²) in [7, 11) is 0.287. The lowest BCUT2D eigenvalue weighted by Gasteiger charge is -1.93. The van der Waals surface area contributed by atoms with Gasteiger partial charge in [-0.15, -0.1) is 0 Å². The molecule has 62 valence electrons. The monoisotopic (exact) mass is 170 g/mol. The Hall–Kier alpha value is -0.573. The van der Waals surface area contributed by atoms with Gasteiger partial charge in [-0.3, -0.25) is 4.79 Å². The molecule has 0 aliphatic rings. The van der Waals surface area contributed by atoms with Crippen LogP contribution in [0.2, 0.25) is 6.04 Å². The predicted molar refractivity (Wildman–Crippen MR) is 46.4 cm³/mol. The van der Waals surface area contributed by atoms with Gasteiger partial charge in [0.25, 0.3) is 5.97 Å². The molecule has 0 saturated carbocycles. The molecule has 0 amide bonds. The molecule has 2 radical (unpaired) electrons. The molecule has 0 aliphatic heterocycles. The van der Waals surface area contributed by atoms with Gasteiger partial charge in [-0.05, 0) is 12.5 Å². The lowest BCUT2D eigenvalue weighted by Crippen LogP contribution is -2.02. The van der Waals surface area contributed by atoms with Gasteiger partial charge in [-0.2, -0.15) is 0 Å². The highest BCUT2D eigenvalue weighted by atomic mass is 28.2. The molecule has 0 atom stereocenters. The summed E-state index contributed by atoms with van der Waals surface area (Å²) in [5.74, 6) is -0.188. The van der Waals surface area contributed by atoms with Crippen LogP contribution in [0, 0.1) is 0 Å². The molecule has 0 rings (SSSR count). The molecule has 0 heterocycles. The summed E-state index contributed by atoms with van der Waals surface area (Å²) in [4.78, 5) is 10.3. The molecule has 0 saturated heterocycles. The zero-order valence-corrected chi connectivity index (χ0v) is 8.09. The lowest BCUT2D eigenvalue weighted by molar-refractivity contribution is -0.131. The Labute approximate surface area is 70.6 Å². The quantitative estimate of drug-likeness (QED) is 0.358. The van der Waals surface area contributed by atoms with Gasteiger partial charge in [0.15, 0.2) is 0 Å². The molecule has 2 nitrogen and oxygen atoms in total. The van der Waals surface area contributed by atoms with E-state index in [1.54, 1.807) is 0 Å². The van der Waals surface area contributed by atoms with Crippen molar-refractivity contribution in [1.82, 2.24) is 0 Å². The number of hydrogen-bond acceptors (Lipinski definition) is 2. The van der Waals surface area contributed by atoms with E-state index in [1.165, 1.54) is 13.3 Å². The molecule has 0 unspecified atom stereocenters. The topological polar surface area (TPSA) is 26.3 Å². The molecular weight excluding hydrogens is 156 g/mol. The molecule has 0 aromatic rings. The average molecular weight is 170 g/mol. The second-order valence-corrected chi connectivity index (χ2v) is 3.10. The minimum absolute atomic E-state index is 0.188. The first-order valence-electron chi connectivity index (χ1n) is 3.82. The number of rotatable bonds is 5. The van der Waals surface area contributed by atoms with E-state index in [9.17, 15) is 4.79 Å². The number of hydrogen-bond donors (Lipinski definition) is 0. The number of allylic oxidation sites excluding steroid dienone is 2. The average Bonchev–Trinajstić information content (AvgIpc) is 1.96. The van der Waals surface area contributed by atoms with Gasteiger partial charge in [0.05, 0.1) is 0 Å². The van der Waals surface area contributed by atoms with Crippen molar-refractivity contribution in [3.63, 3.8) is 0 Å². The Morgan fingerprint density at radius 2 is 2.27 bits per heavy atom. The largest absolute Gasteiger partial charge is 0.516 e. The van der Waals surface area contributed by atoms with E-state index in [1.807, 2.05) is 0 Å². The highest BCUT2D eigenvalue weighted by Gasteiger charge is 1.91. The van der Waals surface area contributed by atoms with Crippen molar-refractivity contribution < 1.29 is 9.22 Å². The van der Waals surface area contributed by atoms with Crippen LogP contribution in [0.5, 0.6) is 0 Å². The summed E-state index contributed by atoms with van der Waals surface area (Å²) in [6.45, 7) is 3.57. The molecule has 0 spiro atoms. The van der Waals surface area contributed by atoms with Crippen LogP contribution >= 0.6 is 0 Å².